The van der Waals surface area contributed by atoms with Crippen molar-refractivity contribution in [3.8, 4) is 0 Å². The second kappa shape index (κ2) is 5.63. The van der Waals surface area contributed by atoms with Gasteiger partial charge in [0.25, 0.3) is 0 Å². The maximum Gasteiger partial charge on any atom is 0.372 e. The van der Waals surface area contributed by atoms with E-state index in [0.29, 0.717) is 10.2 Å². The maximum absolute atomic E-state index is 12.9. The number of hydrogen-bond donors (Lipinski definition) is 0. The van der Waals surface area contributed by atoms with Crippen molar-refractivity contribution in [2.75, 3.05) is 11.9 Å². The first kappa shape index (κ1) is 14.9. The first-order chi connectivity index (χ1) is 11.0. The van der Waals surface area contributed by atoms with Gasteiger partial charge in [-0.25, -0.2) is 4.98 Å². The Bertz CT molecular complexity index is 859. The van der Waals surface area contributed by atoms with Crippen LogP contribution in [0.25, 0.3) is 5.65 Å². The van der Waals surface area contributed by atoms with Gasteiger partial charge < -0.3 is 15.0 Å². The number of halogens is 2. The highest BCUT2D eigenvalue weighted by atomic mass is 19.3. The summed E-state index contributed by atoms with van der Waals surface area (Å²) in [4.78, 5) is 20.3. The van der Waals surface area contributed by atoms with Crippen LogP contribution < -0.4 is 4.90 Å². The van der Waals surface area contributed by atoms with E-state index in [1.807, 2.05) is 0 Å². The SMILES string of the molecule is CN(Cc1nccn1C(F)F)c1nc2ccccn2c1[N+](=O)[O-]. The van der Waals surface area contributed by atoms with Crippen molar-refractivity contribution < 1.29 is 13.7 Å². The summed E-state index contributed by atoms with van der Waals surface area (Å²) in [6.07, 6.45) is 3.94. The zero-order valence-corrected chi connectivity index (χ0v) is 12.0. The molecule has 0 N–H and O–H groups in total. The van der Waals surface area contributed by atoms with Gasteiger partial charge in [-0.1, -0.05) is 6.07 Å². The van der Waals surface area contributed by atoms with Gasteiger partial charge in [-0.3, -0.25) is 4.57 Å². The predicted molar refractivity (Wildman–Crippen MR) is 77.4 cm³/mol. The average Bonchev–Trinajstić information content (AvgIpc) is 3.10. The Hall–Kier alpha value is -3.04. The summed E-state index contributed by atoms with van der Waals surface area (Å²) in [7, 11) is 1.54. The molecule has 0 spiro atoms. The van der Waals surface area contributed by atoms with E-state index in [-0.39, 0.29) is 24.0 Å². The number of fused-ring (bicyclic) bond motifs is 1. The highest BCUT2D eigenvalue weighted by Crippen LogP contribution is 2.29. The minimum atomic E-state index is -2.73. The Labute approximate surface area is 128 Å². The smallest absolute Gasteiger partial charge is 0.358 e. The molecule has 0 fully saturated rings. The van der Waals surface area contributed by atoms with Crippen molar-refractivity contribution in [3.05, 3.63) is 52.7 Å². The number of aromatic nitrogens is 4. The van der Waals surface area contributed by atoms with Gasteiger partial charge in [0.2, 0.25) is 11.5 Å². The van der Waals surface area contributed by atoms with Crippen molar-refractivity contribution >= 4 is 17.3 Å². The highest BCUT2D eigenvalue weighted by molar-refractivity contribution is 5.63. The van der Waals surface area contributed by atoms with E-state index in [9.17, 15) is 18.9 Å². The summed E-state index contributed by atoms with van der Waals surface area (Å²) in [6, 6.07) is 4.98. The van der Waals surface area contributed by atoms with Gasteiger partial charge in [-0.15, -0.1) is 0 Å². The summed E-state index contributed by atoms with van der Waals surface area (Å²) in [5.74, 6) is -0.0443. The third kappa shape index (κ3) is 2.58. The van der Waals surface area contributed by atoms with Crippen LogP contribution in [0.5, 0.6) is 0 Å². The molecule has 0 amide bonds. The topological polar surface area (TPSA) is 81.5 Å². The normalized spacial score (nSPS) is 11.3. The second-order valence-electron chi connectivity index (χ2n) is 4.83. The lowest BCUT2D eigenvalue weighted by molar-refractivity contribution is -0.389. The van der Waals surface area contributed by atoms with E-state index in [1.165, 1.54) is 21.7 Å². The molecular formula is C13H12F2N6O2. The molecule has 8 nitrogen and oxygen atoms in total. The van der Waals surface area contributed by atoms with Gasteiger partial charge in [0.15, 0.2) is 0 Å². The molecule has 3 rings (SSSR count). The molecule has 0 radical (unpaired) electrons. The summed E-state index contributed by atoms with van der Waals surface area (Å²) in [6.45, 7) is -2.76. The standard InChI is InChI=1S/C13H12F2N6O2/c1-18(8-10-16-5-7-20(10)13(14)15)11-12(21(22)23)19-6-3-2-4-9(19)17-11/h2-7,13H,8H2,1H3. The molecule has 0 saturated carbocycles. The third-order valence-corrected chi connectivity index (χ3v) is 3.36. The Morgan fingerprint density at radius 2 is 2.17 bits per heavy atom. The number of anilines is 1. The molecule has 3 heterocycles. The number of imidazole rings is 2. The van der Waals surface area contributed by atoms with Crippen LogP contribution >= 0.6 is 0 Å². The fourth-order valence-electron chi connectivity index (χ4n) is 2.33. The van der Waals surface area contributed by atoms with E-state index >= 15 is 0 Å². The molecule has 3 aromatic rings. The molecule has 0 bridgehead atoms. The Morgan fingerprint density at radius 3 is 2.87 bits per heavy atom. The van der Waals surface area contributed by atoms with Crippen LogP contribution in [0, 0.1) is 10.1 Å². The minimum absolute atomic E-state index is 0.0396. The van der Waals surface area contributed by atoms with E-state index < -0.39 is 11.5 Å². The minimum Gasteiger partial charge on any atom is -0.358 e. The lowest BCUT2D eigenvalue weighted by atomic mass is 10.4. The first-order valence-corrected chi connectivity index (χ1v) is 6.61. The molecule has 120 valence electrons. The highest BCUT2D eigenvalue weighted by Gasteiger charge is 2.26. The summed E-state index contributed by atoms with van der Waals surface area (Å²) in [5, 5.41) is 11.4. The quantitative estimate of drug-likeness (QED) is 0.532. The third-order valence-electron chi connectivity index (χ3n) is 3.36. The summed E-state index contributed by atoms with van der Waals surface area (Å²) >= 11 is 0. The van der Waals surface area contributed by atoms with E-state index in [0.717, 1.165) is 6.20 Å². The molecule has 10 heteroatoms. The number of nitro groups is 1. The van der Waals surface area contributed by atoms with Gasteiger partial charge >= 0.3 is 12.4 Å². The molecule has 0 aliphatic heterocycles. The van der Waals surface area contributed by atoms with Crippen LogP contribution in [0.3, 0.4) is 0 Å². The molecule has 0 atom stereocenters. The van der Waals surface area contributed by atoms with Crippen molar-refractivity contribution in [2.24, 2.45) is 0 Å². The van der Waals surface area contributed by atoms with Gasteiger partial charge in [-0.05, 0) is 11.0 Å². The van der Waals surface area contributed by atoms with Gasteiger partial charge in [0.05, 0.1) is 12.7 Å². The number of hydrogen-bond acceptors (Lipinski definition) is 5. The number of alkyl halides is 2. The summed E-state index contributed by atoms with van der Waals surface area (Å²) < 4.78 is 27.8. The number of nitrogens with zero attached hydrogens (tertiary/aromatic N) is 6. The lowest BCUT2D eigenvalue weighted by Crippen LogP contribution is -2.21. The largest absolute Gasteiger partial charge is 0.372 e. The van der Waals surface area contributed by atoms with E-state index in [1.54, 1.807) is 25.2 Å². The molecule has 3 aromatic heterocycles. The Kier molecular flexibility index (Phi) is 3.64. The van der Waals surface area contributed by atoms with Crippen LogP contribution in [0.15, 0.2) is 36.8 Å². The van der Waals surface area contributed by atoms with Crippen LogP contribution in [0.4, 0.5) is 20.4 Å². The van der Waals surface area contributed by atoms with Gasteiger partial charge in [-0.2, -0.15) is 18.2 Å². The second-order valence-corrected chi connectivity index (χ2v) is 4.83. The van der Waals surface area contributed by atoms with Crippen molar-refractivity contribution in [2.45, 2.75) is 13.1 Å². The molecule has 0 unspecified atom stereocenters. The average molecular weight is 322 g/mol. The number of rotatable bonds is 5. The zero-order valence-electron chi connectivity index (χ0n) is 12.0. The molecule has 0 aliphatic carbocycles. The Morgan fingerprint density at radius 1 is 1.39 bits per heavy atom. The van der Waals surface area contributed by atoms with Crippen molar-refractivity contribution in [3.63, 3.8) is 0 Å². The zero-order chi connectivity index (χ0) is 16.6. The van der Waals surface area contributed by atoms with Gasteiger partial charge in [0.1, 0.15) is 5.82 Å². The van der Waals surface area contributed by atoms with Crippen molar-refractivity contribution in [1.29, 1.82) is 0 Å². The monoisotopic (exact) mass is 322 g/mol. The molecular weight excluding hydrogens is 310 g/mol. The molecule has 23 heavy (non-hydrogen) atoms. The molecule has 0 aromatic carbocycles. The van der Waals surface area contributed by atoms with Crippen LogP contribution in [-0.2, 0) is 6.54 Å². The van der Waals surface area contributed by atoms with Crippen LogP contribution in [0.1, 0.15) is 12.4 Å². The van der Waals surface area contributed by atoms with E-state index in [2.05, 4.69) is 9.97 Å². The fourth-order valence-corrected chi connectivity index (χ4v) is 2.33. The number of pyridine rings is 1. The lowest BCUT2D eigenvalue weighted by Gasteiger charge is -2.16. The van der Waals surface area contributed by atoms with Crippen molar-refractivity contribution in [1.82, 2.24) is 18.9 Å². The molecule has 0 saturated heterocycles. The molecule has 0 aliphatic rings. The predicted octanol–water partition coefficient (Wildman–Crippen LogP) is 2.47. The fraction of sp³-hybridized carbons (Fsp3) is 0.231. The van der Waals surface area contributed by atoms with Crippen LogP contribution in [0.2, 0.25) is 0 Å². The Balaban J connectivity index is 2.00. The maximum atomic E-state index is 12.9. The van der Waals surface area contributed by atoms with E-state index in [4.69, 9.17) is 0 Å². The summed E-state index contributed by atoms with van der Waals surface area (Å²) in [5.41, 5.74) is 0.401. The van der Waals surface area contributed by atoms with Crippen LogP contribution in [-0.4, -0.2) is 30.9 Å². The van der Waals surface area contributed by atoms with Gasteiger partial charge in [0, 0.05) is 25.5 Å². The first-order valence-electron chi connectivity index (χ1n) is 6.61.